The zero-order chi connectivity index (χ0) is 21.1. The van der Waals surface area contributed by atoms with Gasteiger partial charge in [0, 0.05) is 36.6 Å². The quantitative estimate of drug-likeness (QED) is 0.655. The molecule has 3 rings (SSSR count). The van der Waals surface area contributed by atoms with E-state index in [4.69, 9.17) is 0 Å². The first-order valence-electron chi connectivity index (χ1n) is 8.88. The first-order valence-corrected chi connectivity index (χ1v) is 11.6. The van der Waals surface area contributed by atoms with Gasteiger partial charge in [-0.2, -0.15) is 0 Å². The lowest BCUT2D eigenvalue weighted by Gasteiger charge is -2.17. The monoisotopic (exact) mass is 446 g/mol. The van der Waals surface area contributed by atoms with E-state index in [0.29, 0.717) is 19.5 Å². The molecule has 0 amide bonds. The summed E-state index contributed by atoms with van der Waals surface area (Å²) in [6.07, 6.45) is -2.24. The highest BCUT2D eigenvalue weighted by atomic mass is 32.2. The minimum absolute atomic E-state index is 0.259. The molecule has 0 unspecified atom stereocenters. The van der Waals surface area contributed by atoms with Gasteiger partial charge < -0.3 is 4.74 Å². The molecule has 2 aromatic rings. The van der Waals surface area contributed by atoms with E-state index >= 15 is 0 Å². The second-order valence-electron chi connectivity index (χ2n) is 6.71. The summed E-state index contributed by atoms with van der Waals surface area (Å²) in [7, 11) is -3.95. The summed E-state index contributed by atoms with van der Waals surface area (Å²) in [5, 5.41) is 0. The number of hydrogen-bond acceptors (Lipinski definition) is 5. The molecule has 1 atom stereocenters. The van der Waals surface area contributed by atoms with Gasteiger partial charge in [-0.15, -0.1) is 24.9 Å². The number of nitrogens with zero attached hydrogens (tertiary/aromatic N) is 1. The topological polar surface area (TPSA) is 58.6 Å². The fourth-order valence-electron chi connectivity index (χ4n) is 3.19. The fraction of sp³-hybridized carbons (Fsp3) is 0.368. The molecule has 29 heavy (non-hydrogen) atoms. The third-order valence-corrected chi connectivity index (χ3v) is 6.77. The molecule has 1 aliphatic rings. The van der Waals surface area contributed by atoms with Gasteiger partial charge in [0.25, 0.3) is 0 Å². The molecule has 1 aliphatic heterocycles. The number of hydrogen-bond donors (Lipinski definition) is 1. The number of rotatable bonds is 7. The molecule has 1 fully saturated rings. The van der Waals surface area contributed by atoms with Crippen molar-refractivity contribution in [2.75, 3.05) is 19.3 Å². The van der Waals surface area contributed by atoms with Crippen LogP contribution in [0.1, 0.15) is 12.0 Å². The number of thioether (sulfide) groups is 1. The third-order valence-electron chi connectivity index (χ3n) is 4.51. The zero-order valence-electron chi connectivity index (χ0n) is 15.6. The zero-order valence-corrected chi connectivity index (χ0v) is 17.3. The van der Waals surface area contributed by atoms with Gasteiger partial charge in [-0.25, -0.2) is 13.1 Å². The summed E-state index contributed by atoms with van der Waals surface area (Å²) in [5.41, 5.74) is 1.14. The van der Waals surface area contributed by atoms with E-state index in [2.05, 4.69) is 26.5 Å². The van der Waals surface area contributed by atoms with E-state index < -0.39 is 22.1 Å². The summed E-state index contributed by atoms with van der Waals surface area (Å²) in [6.45, 7) is 1.97. The molecule has 5 nitrogen and oxygen atoms in total. The molecule has 0 aromatic heterocycles. The molecule has 1 N–H and O–H groups in total. The maximum Gasteiger partial charge on any atom is 0.573 e. The predicted molar refractivity (Wildman–Crippen MR) is 105 cm³/mol. The number of sulfonamides is 1. The largest absolute Gasteiger partial charge is 0.573 e. The molecule has 1 saturated heterocycles. The standard InChI is InChI=1S/C19H21F3N2O3S2/c1-28-17-7-5-14(6-8-17)12-24-10-9-15(13-24)23-29(25,26)18-4-2-3-16(11-18)27-19(20,21)22/h2-8,11,15,23H,9-10,12-13H2,1H3/t15-/m1/s1. The Morgan fingerprint density at radius 3 is 2.59 bits per heavy atom. The van der Waals surface area contributed by atoms with Crippen molar-refractivity contribution >= 4 is 21.8 Å². The summed E-state index contributed by atoms with van der Waals surface area (Å²) in [6, 6.07) is 12.3. The van der Waals surface area contributed by atoms with E-state index in [1.165, 1.54) is 17.0 Å². The van der Waals surface area contributed by atoms with Gasteiger partial charge >= 0.3 is 6.36 Å². The van der Waals surface area contributed by atoms with Crippen LogP contribution in [-0.4, -0.2) is 45.1 Å². The SMILES string of the molecule is CSc1ccc(CN2CC[C@@H](NS(=O)(=O)c3cccc(OC(F)(F)F)c3)C2)cc1. The number of likely N-dealkylation sites (tertiary alicyclic amines) is 1. The van der Waals surface area contributed by atoms with Crippen molar-refractivity contribution < 1.29 is 26.3 Å². The summed E-state index contributed by atoms with van der Waals surface area (Å²) in [4.78, 5) is 3.06. The van der Waals surface area contributed by atoms with Crippen LogP contribution in [0.4, 0.5) is 13.2 Å². The minimum Gasteiger partial charge on any atom is -0.406 e. The molecule has 0 bridgehead atoms. The van der Waals surface area contributed by atoms with Gasteiger partial charge in [0.15, 0.2) is 0 Å². The number of alkyl halides is 3. The lowest BCUT2D eigenvalue weighted by atomic mass is 10.2. The molecule has 0 aliphatic carbocycles. The van der Waals surface area contributed by atoms with Gasteiger partial charge in [0.05, 0.1) is 4.90 Å². The molecule has 2 aromatic carbocycles. The van der Waals surface area contributed by atoms with E-state index in [-0.39, 0.29) is 10.9 Å². The van der Waals surface area contributed by atoms with E-state index in [0.717, 1.165) is 24.2 Å². The Hall–Kier alpha value is -1.75. The van der Waals surface area contributed by atoms with Crippen molar-refractivity contribution in [2.24, 2.45) is 0 Å². The third kappa shape index (κ3) is 6.36. The average molecular weight is 447 g/mol. The maximum atomic E-state index is 12.6. The van der Waals surface area contributed by atoms with Crippen molar-refractivity contribution in [1.29, 1.82) is 0 Å². The van der Waals surface area contributed by atoms with Gasteiger partial charge in [-0.1, -0.05) is 18.2 Å². The van der Waals surface area contributed by atoms with Gasteiger partial charge in [0.2, 0.25) is 10.0 Å². The number of halogens is 3. The number of nitrogens with one attached hydrogen (secondary N) is 1. The lowest BCUT2D eigenvalue weighted by Crippen LogP contribution is -2.37. The molecular weight excluding hydrogens is 425 g/mol. The van der Waals surface area contributed by atoms with Crippen LogP contribution in [-0.2, 0) is 16.6 Å². The Balaban J connectivity index is 1.60. The van der Waals surface area contributed by atoms with Crippen molar-refractivity contribution in [2.45, 2.75) is 35.2 Å². The maximum absolute atomic E-state index is 12.6. The minimum atomic E-state index is -4.88. The highest BCUT2D eigenvalue weighted by Crippen LogP contribution is 2.25. The van der Waals surface area contributed by atoms with Crippen LogP contribution in [0.25, 0.3) is 0 Å². The predicted octanol–water partition coefficient (Wildman–Crippen LogP) is 3.86. The Bertz CT molecular complexity index is 934. The Morgan fingerprint density at radius 2 is 1.93 bits per heavy atom. The second-order valence-corrected chi connectivity index (χ2v) is 9.31. The highest BCUT2D eigenvalue weighted by Gasteiger charge is 2.32. The van der Waals surface area contributed by atoms with Gasteiger partial charge in [0.1, 0.15) is 5.75 Å². The van der Waals surface area contributed by atoms with Gasteiger partial charge in [-0.3, -0.25) is 4.90 Å². The lowest BCUT2D eigenvalue weighted by molar-refractivity contribution is -0.274. The number of ether oxygens (including phenoxy) is 1. The molecule has 0 spiro atoms. The normalized spacial score (nSPS) is 18.1. The van der Waals surface area contributed by atoms with Crippen LogP contribution in [0.15, 0.2) is 58.3 Å². The van der Waals surface area contributed by atoms with Crippen molar-refractivity contribution in [3.63, 3.8) is 0 Å². The van der Waals surface area contributed by atoms with Crippen LogP contribution in [0, 0.1) is 0 Å². The smallest absolute Gasteiger partial charge is 0.406 e. The first kappa shape index (κ1) is 21.9. The molecule has 0 saturated carbocycles. The molecule has 10 heteroatoms. The van der Waals surface area contributed by atoms with E-state index in [1.54, 1.807) is 11.8 Å². The van der Waals surface area contributed by atoms with Crippen LogP contribution in [0.2, 0.25) is 0 Å². The van der Waals surface area contributed by atoms with Crippen molar-refractivity contribution in [3.05, 3.63) is 54.1 Å². The second kappa shape index (κ2) is 8.95. The highest BCUT2D eigenvalue weighted by molar-refractivity contribution is 7.98. The van der Waals surface area contributed by atoms with E-state index in [1.807, 2.05) is 18.4 Å². The molecule has 0 radical (unpaired) electrons. The van der Waals surface area contributed by atoms with Crippen molar-refractivity contribution in [3.8, 4) is 5.75 Å². The fourth-order valence-corrected chi connectivity index (χ4v) is 4.89. The molecule has 1 heterocycles. The van der Waals surface area contributed by atoms with Gasteiger partial charge in [-0.05, 0) is 42.5 Å². The summed E-state index contributed by atoms with van der Waals surface area (Å²) < 4.78 is 68.6. The van der Waals surface area contributed by atoms with Crippen LogP contribution >= 0.6 is 11.8 Å². The van der Waals surface area contributed by atoms with Crippen molar-refractivity contribution in [1.82, 2.24) is 9.62 Å². The van der Waals surface area contributed by atoms with E-state index in [9.17, 15) is 21.6 Å². The first-order chi connectivity index (χ1) is 13.6. The summed E-state index contributed by atoms with van der Waals surface area (Å²) >= 11 is 1.67. The van der Waals surface area contributed by atoms with Crippen LogP contribution in [0.3, 0.4) is 0 Å². The Morgan fingerprint density at radius 1 is 1.21 bits per heavy atom. The Labute approximate surface area is 172 Å². The van der Waals surface area contributed by atoms with Crippen LogP contribution < -0.4 is 9.46 Å². The molecule has 158 valence electrons. The summed E-state index contributed by atoms with van der Waals surface area (Å²) in [5.74, 6) is -0.567. The van der Waals surface area contributed by atoms with Crippen LogP contribution in [0.5, 0.6) is 5.75 Å². The Kier molecular flexibility index (Phi) is 6.77. The average Bonchev–Trinajstić information content (AvgIpc) is 3.07. The molecular formula is C19H21F3N2O3S2. The number of benzene rings is 2.